The van der Waals surface area contributed by atoms with Crippen LogP contribution in [0, 0.1) is 0 Å². The average Bonchev–Trinajstić information content (AvgIpc) is 2.78. The van der Waals surface area contributed by atoms with Crippen molar-refractivity contribution < 1.29 is 14.7 Å². The molecule has 0 saturated carbocycles. The minimum atomic E-state index is -0.838. The van der Waals surface area contributed by atoms with E-state index in [1.807, 2.05) is 27.1 Å². The fourth-order valence-electron chi connectivity index (χ4n) is 2.09. The van der Waals surface area contributed by atoms with E-state index >= 15 is 0 Å². The molecule has 2 amide bonds. The molecule has 0 unspecified atom stereocenters. The third kappa shape index (κ3) is 5.45. The fraction of sp³-hybridized carbons (Fsp3) is 0.643. The summed E-state index contributed by atoms with van der Waals surface area (Å²) in [6.45, 7) is 4.78. The maximum Gasteiger partial charge on any atom is 0.320 e. The second-order valence-electron chi connectivity index (χ2n) is 5.45. The lowest BCUT2D eigenvalue weighted by Crippen LogP contribution is -2.45. The lowest BCUT2D eigenvalue weighted by molar-refractivity contribution is -0.137. The van der Waals surface area contributed by atoms with Gasteiger partial charge < -0.3 is 14.9 Å². The summed E-state index contributed by atoms with van der Waals surface area (Å²) in [5.41, 5.74) is 0.961. The van der Waals surface area contributed by atoms with E-state index in [1.165, 1.54) is 0 Å². The number of carboxylic acids is 1. The van der Waals surface area contributed by atoms with Crippen LogP contribution < -0.4 is 0 Å². The van der Waals surface area contributed by atoms with Gasteiger partial charge in [-0.15, -0.1) is 0 Å². The van der Waals surface area contributed by atoms with E-state index < -0.39 is 5.97 Å². The zero-order valence-electron chi connectivity index (χ0n) is 13.1. The zero-order valence-corrected chi connectivity index (χ0v) is 13.1. The van der Waals surface area contributed by atoms with E-state index in [-0.39, 0.29) is 18.5 Å². The van der Waals surface area contributed by atoms with Crippen LogP contribution in [-0.2, 0) is 18.4 Å². The monoisotopic (exact) mass is 296 g/mol. The first kappa shape index (κ1) is 17.0. The van der Waals surface area contributed by atoms with Crippen molar-refractivity contribution in [2.75, 3.05) is 13.6 Å². The first-order valence-electron chi connectivity index (χ1n) is 7.02. The maximum absolute atomic E-state index is 12.4. The minimum absolute atomic E-state index is 0.0302. The number of urea groups is 1. The topological polar surface area (TPSA) is 78.7 Å². The van der Waals surface area contributed by atoms with Gasteiger partial charge in [-0.25, -0.2) is 4.79 Å². The highest BCUT2D eigenvalue weighted by Gasteiger charge is 2.21. The Balaban J connectivity index is 2.60. The summed E-state index contributed by atoms with van der Waals surface area (Å²) in [5, 5.41) is 12.8. The highest BCUT2D eigenvalue weighted by atomic mass is 16.4. The highest BCUT2D eigenvalue weighted by Crippen LogP contribution is 2.09. The summed E-state index contributed by atoms with van der Waals surface area (Å²) < 4.78 is 1.70. The second kappa shape index (κ2) is 7.66. The summed E-state index contributed by atoms with van der Waals surface area (Å²) in [5.74, 6) is -0.838. The number of rotatable bonds is 7. The van der Waals surface area contributed by atoms with Gasteiger partial charge in [-0.05, 0) is 20.3 Å². The van der Waals surface area contributed by atoms with Crippen LogP contribution in [0.3, 0.4) is 0 Å². The molecule has 1 aromatic heterocycles. The van der Waals surface area contributed by atoms with Crippen molar-refractivity contribution in [3.8, 4) is 0 Å². The van der Waals surface area contributed by atoms with Crippen LogP contribution in [0.25, 0.3) is 0 Å². The van der Waals surface area contributed by atoms with Gasteiger partial charge in [0.2, 0.25) is 0 Å². The Morgan fingerprint density at radius 1 is 1.43 bits per heavy atom. The second-order valence-corrected chi connectivity index (χ2v) is 5.45. The molecule has 0 radical (unpaired) electrons. The summed E-state index contributed by atoms with van der Waals surface area (Å²) >= 11 is 0. The van der Waals surface area contributed by atoms with Gasteiger partial charge in [-0.2, -0.15) is 5.10 Å². The molecular formula is C14H24N4O3. The Bertz CT molecular complexity index is 484. The quantitative estimate of drug-likeness (QED) is 0.828. The summed E-state index contributed by atoms with van der Waals surface area (Å²) in [6.07, 6.45) is 4.13. The van der Waals surface area contributed by atoms with E-state index in [0.717, 1.165) is 5.56 Å². The first-order valence-corrected chi connectivity index (χ1v) is 7.02. The first-order chi connectivity index (χ1) is 9.81. The van der Waals surface area contributed by atoms with Crippen molar-refractivity contribution in [3.63, 3.8) is 0 Å². The van der Waals surface area contributed by atoms with Crippen LogP contribution >= 0.6 is 0 Å². The number of aromatic nitrogens is 2. The van der Waals surface area contributed by atoms with Crippen molar-refractivity contribution >= 4 is 12.0 Å². The lowest BCUT2D eigenvalue weighted by atomic mass is 10.2. The van der Waals surface area contributed by atoms with Crippen LogP contribution in [0.15, 0.2) is 12.4 Å². The number of hydrogen-bond donors (Lipinski definition) is 1. The molecule has 0 atom stereocenters. The predicted octanol–water partition coefficient (Wildman–Crippen LogP) is 1.55. The maximum atomic E-state index is 12.4. The molecule has 0 spiro atoms. The van der Waals surface area contributed by atoms with Crippen LogP contribution in [0.5, 0.6) is 0 Å². The van der Waals surface area contributed by atoms with Gasteiger partial charge >= 0.3 is 12.0 Å². The molecule has 0 aliphatic heterocycles. The normalized spacial score (nSPS) is 10.7. The molecule has 21 heavy (non-hydrogen) atoms. The van der Waals surface area contributed by atoms with Crippen LogP contribution in [0.1, 0.15) is 32.3 Å². The molecular weight excluding hydrogens is 272 g/mol. The van der Waals surface area contributed by atoms with Crippen LogP contribution in [0.4, 0.5) is 4.79 Å². The molecule has 1 rings (SSSR count). The summed E-state index contributed by atoms with van der Waals surface area (Å²) in [6, 6.07) is -0.0677. The SMILES string of the molecule is CC(C)N(CCCC(=O)O)C(=O)N(C)Cc1cnn(C)c1. The number of carbonyl (C=O) groups is 2. The molecule has 1 heterocycles. The summed E-state index contributed by atoms with van der Waals surface area (Å²) in [7, 11) is 3.57. The average molecular weight is 296 g/mol. The third-order valence-electron chi connectivity index (χ3n) is 3.16. The van der Waals surface area contributed by atoms with Crippen LogP contribution in [0.2, 0.25) is 0 Å². The van der Waals surface area contributed by atoms with E-state index in [1.54, 1.807) is 27.7 Å². The number of hydrogen-bond acceptors (Lipinski definition) is 3. The van der Waals surface area contributed by atoms with E-state index in [0.29, 0.717) is 19.5 Å². The van der Waals surface area contributed by atoms with Crippen molar-refractivity contribution in [1.29, 1.82) is 0 Å². The Hall–Kier alpha value is -2.05. The number of amides is 2. The molecule has 7 nitrogen and oxygen atoms in total. The van der Waals surface area contributed by atoms with E-state index in [2.05, 4.69) is 5.10 Å². The predicted molar refractivity (Wildman–Crippen MR) is 78.8 cm³/mol. The highest BCUT2D eigenvalue weighted by molar-refractivity contribution is 5.74. The van der Waals surface area contributed by atoms with Gasteiger partial charge in [0, 0.05) is 44.9 Å². The van der Waals surface area contributed by atoms with E-state index in [9.17, 15) is 9.59 Å². The molecule has 7 heteroatoms. The lowest BCUT2D eigenvalue weighted by Gasteiger charge is -2.31. The minimum Gasteiger partial charge on any atom is -0.481 e. The number of aliphatic carboxylic acids is 1. The van der Waals surface area contributed by atoms with Gasteiger partial charge in [0.15, 0.2) is 0 Å². The molecule has 0 bridgehead atoms. The molecule has 0 fully saturated rings. The van der Waals surface area contributed by atoms with Gasteiger partial charge in [-0.3, -0.25) is 9.48 Å². The van der Waals surface area contributed by atoms with Crippen molar-refractivity contribution in [2.45, 2.75) is 39.3 Å². The molecule has 118 valence electrons. The molecule has 0 saturated heterocycles. The van der Waals surface area contributed by atoms with Gasteiger partial charge in [0.05, 0.1) is 12.7 Å². The van der Waals surface area contributed by atoms with Gasteiger partial charge in [0.1, 0.15) is 0 Å². The van der Waals surface area contributed by atoms with Crippen molar-refractivity contribution in [2.24, 2.45) is 7.05 Å². The van der Waals surface area contributed by atoms with Gasteiger partial charge in [-0.1, -0.05) is 0 Å². The number of carboxylic acid groups (broad SMARTS) is 1. The molecule has 1 aromatic rings. The third-order valence-corrected chi connectivity index (χ3v) is 3.16. The van der Waals surface area contributed by atoms with Gasteiger partial charge in [0.25, 0.3) is 0 Å². The molecule has 0 aliphatic carbocycles. The summed E-state index contributed by atoms with van der Waals surface area (Å²) in [4.78, 5) is 26.3. The Kier molecular flexibility index (Phi) is 6.20. The van der Waals surface area contributed by atoms with Crippen molar-refractivity contribution in [3.05, 3.63) is 18.0 Å². The fourth-order valence-corrected chi connectivity index (χ4v) is 2.09. The number of nitrogens with zero attached hydrogens (tertiary/aromatic N) is 4. The number of aryl methyl sites for hydroxylation is 1. The van der Waals surface area contributed by atoms with Crippen LogP contribution in [-0.4, -0.2) is 56.3 Å². The molecule has 0 aliphatic rings. The Morgan fingerprint density at radius 2 is 2.10 bits per heavy atom. The smallest absolute Gasteiger partial charge is 0.320 e. The molecule has 1 N–H and O–H groups in total. The molecule has 0 aromatic carbocycles. The van der Waals surface area contributed by atoms with Crippen molar-refractivity contribution in [1.82, 2.24) is 19.6 Å². The largest absolute Gasteiger partial charge is 0.481 e. The Labute approximate surface area is 125 Å². The Morgan fingerprint density at radius 3 is 2.57 bits per heavy atom. The standard InChI is InChI=1S/C14H24N4O3/c1-11(2)18(7-5-6-13(19)20)14(21)16(3)9-12-8-15-17(4)10-12/h8,10-11H,5-7,9H2,1-4H3,(H,19,20). The van der Waals surface area contributed by atoms with E-state index in [4.69, 9.17) is 5.11 Å². The zero-order chi connectivity index (χ0) is 16.0. The number of carbonyl (C=O) groups excluding carboxylic acids is 1.